The fraction of sp³-hybridized carbons (Fsp3) is 0.308. The van der Waals surface area contributed by atoms with E-state index < -0.39 is 36.0 Å². The van der Waals surface area contributed by atoms with E-state index in [9.17, 15) is 15.0 Å². The van der Waals surface area contributed by atoms with Crippen molar-refractivity contribution in [1.82, 2.24) is 0 Å². The van der Waals surface area contributed by atoms with Crippen LogP contribution in [-0.2, 0) is 19.0 Å². The SMILES string of the molecule is O=C1O[C@H](C2COC(c3ccccc3)O2)C([O-])=C1O.[Na+]. The molecule has 2 unspecified atom stereocenters. The number of aliphatic hydroxyl groups excluding tert-OH is 1. The van der Waals surface area contributed by atoms with E-state index in [1.54, 1.807) is 0 Å². The van der Waals surface area contributed by atoms with Gasteiger partial charge in [-0.15, -0.1) is 0 Å². The second-order valence-corrected chi connectivity index (χ2v) is 4.29. The van der Waals surface area contributed by atoms with E-state index in [0.717, 1.165) is 5.56 Å². The molecular weight excluding hydrogens is 275 g/mol. The van der Waals surface area contributed by atoms with E-state index in [0.29, 0.717) is 0 Å². The van der Waals surface area contributed by atoms with E-state index in [-0.39, 0.29) is 36.2 Å². The first-order valence-corrected chi connectivity index (χ1v) is 5.80. The van der Waals surface area contributed by atoms with Gasteiger partial charge in [0.1, 0.15) is 12.2 Å². The number of cyclic esters (lactones) is 1. The van der Waals surface area contributed by atoms with E-state index >= 15 is 0 Å². The normalized spacial score (nSPS) is 29.2. The van der Waals surface area contributed by atoms with E-state index in [2.05, 4.69) is 0 Å². The van der Waals surface area contributed by atoms with Crippen LogP contribution in [0, 0.1) is 0 Å². The molecule has 0 saturated carbocycles. The summed E-state index contributed by atoms with van der Waals surface area (Å²) >= 11 is 0. The molecular formula is C13H11NaO6. The van der Waals surface area contributed by atoms with Gasteiger partial charge in [-0.1, -0.05) is 30.3 Å². The van der Waals surface area contributed by atoms with Crippen LogP contribution in [0.2, 0.25) is 0 Å². The van der Waals surface area contributed by atoms with Gasteiger partial charge in [-0.2, -0.15) is 0 Å². The smallest absolute Gasteiger partial charge is 0.870 e. The van der Waals surface area contributed by atoms with E-state index in [1.165, 1.54) is 0 Å². The van der Waals surface area contributed by atoms with Gasteiger partial charge >= 0.3 is 35.5 Å². The Balaban J connectivity index is 0.00000147. The maximum absolute atomic E-state index is 11.6. The molecule has 2 aliphatic rings. The van der Waals surface area contributed by atoms with Crippen LogP contribution in [0.3, 0.4) is 0 Å². The standard InChI is InChI=1S/C13H12O6.Na/c14-9-10(15)12(16)19-11(9)8-6-17-13(18-8)7-4-2-1-3-5-7;/h1-5,8,11,13-15H,6H2;/q;+1/p-1/t8?,11-,13?;/m1./s1. The number of carbonyl (C=O) groups is 1. The minimum Gasteiger partial charge on any atom is -0.870 e. The average Bonchev–Trinajstić information content (AvgIpc) is 3.01. The van der Waals surface area contributed by atoms with Gasteiger partial charge in [0.05, 0.1) is 6.61 Å². The summed E-state index contributed by atoms with van der Waals surface area (Å²) < 4.78 is 15.8. The first kappa shape index (κ1) is 15.3. The molecule has 0 aliphatic carbocycles. The van der Waals surface area contributed by atoms with Crippen molar-refractivity contribution in [2.24, 2.45) is 0 Å². The molecule has 2 heterocycles. The Morgan fingerprint density at radius 1 is 1.25 bits per heavy atom. The van der Waals surface area contributed by atoms with Crippen LogP contribution in [-0.4, -0.2) is 29.9 Å². The van der Waals surface area contributed by atoms with Crippen molar-refractivity contribution >= 4 is 5.97 Å². The predicted octanol–water partition coefficient (Wildman–Crippen LogP) is -2.84. The van der Waals surface area contributed by atoms with Gasteiger partial charge in [-0.3, -0.25) is 0 Å². The Morgan fingerprint density at radius 2 is 1.95 bits per heavy atom. The van der Waals surface area contributed by atoms with Crippen LogP contribution in [0.4, 0.5) is 0 Å². The number of benzene rings is 1. The molecule has 2 aliphatic heterocycles. The fourth-order valence-corrected chi connectivity index (χ4v) is 2.07. The zero-order valence-electron chi connectivity index (χ0n) is 10.8. The Bertz CT molecular complexity index is 529. The molecule has 1 saturated heterocycles. The van der Waals surface area contributed by atoms with Crippen LogP contribution in [0.5, 0.6) is 0 Å². The maximum atomic E-state index is 11.6. The molecule has 6 nitrogen and oxygen atoms in total. The molecule has 3 atom stereocenters. The first-order valence-electron chi connectivity index (χ1n) is 5.80. The number of esters is 1. The molecule has 0 aromatic heterocycles. The number of ether oxygens (including phenoxy) is 3. The summed E-state index contributed by atoms with van der Waals surface area (Å²) in [7, 11) is 0. The van der Waals surface area contributed by atoms with Gasteiger partial charge in [0.2, 0.25) is 0 Å². The Kier molecular flexibility index (Phi) is 4.72. The minimum atomic E-state index is -1.12. The largest absolute Gasteiger partial charge is 1.00 e. The molecule has 0 bridgehead atoms. The summed E-state index contributed by atoms with van der Waals surface area (Å²) in [6.07, 6.45) is -2.42. The molecule has 1 N–H and O–H groups in total. The van der Waals surface area contributed by atoms with Gasteiger partial charge in [0.25, 0.3) is 0 Å². The zero-order valence-corrected chi connectivity index (χ0v) is 12.8. The van der Waals surface area contributed by atoms with Gasteiger partial charge in [-0.25, -0.2) is 4.79 Å². The van der Waals surface area contributed by atoms with Gasteiger partial charge < -0.3 is 24.4 Å². The molecule has 1 fully saturated rings. The maximum Gasteiger partial charge on any atom is 1.00 e. The molecule has 0 amide bonds. The van der Waals surface area contributed by atoms with Gasteiger partial charge in [0, 0.05) is 5.56 Å². The molecule has 3 rings (SSSR count). The molecule has 0 spiro atoms. The van der Waals surface area contributed by atoms with Crippen molar-refractivity contribution in [3.05, 3.63) is 47.4 Å². The van der Waals surface area contributed by atoms with Gasteiger partial charge in [0.15, 0.2) is 12.0 Å². The molecule has 1 aromatic rings. The van der Waals surface area contributed by atoms with Crippen molar-refractivity contribution in [2.75, 3.05) is 6.61 Å². The molecule has 100 valence electrons. The number of hydrogen-bond acceptors (Lipinski definition) is 6. The monoisotopic (exact) mass is 286 g/mol. The molecule has 7 heteroatoms. The zero-order chi connectivity index (χ0) is 13.4. The minimum absolute atomic E-state index is 0. The number of aliphatic hydroxyl groups is 1. The van der Waals surface area contributed by atoms with Crippen molar-refractivity contribution in [2.45, 2.75) is 18.5 Å². The Labute approximate surface area is 137 Å². The van der Waals surface area contributed by atoms with E-state index in [1.807, 2.05) is 30.3 Å². The quantitative estimate of drug-likeness (QED) is 0.465. The van der Waals surface area contributed by atoms with Crippen molar-refractivity contribution in [3.63, 3.8) is 0 Å². The summed E-state index contributed by atoms with van der Waals surface area (Å²) in [6.45, 7) is 0.122. The van der Waals surface area contributed by atoms with E-state index in [4.69, 9.17) is 14.2 Å². The third kappa shape index (κ3) is 2.70. The van der Waals surface area contributed by atoms with Gasteiger partial charge in [-0.05, 0) is 5.76 Å². The second kappa shape index (κ2) is 6.15. The van der Waals surface area contributed by atoms with Crippen molar-refractivity contribution in [3.8, 4) is 0 Å². The first-order chi connectivity index (χ1) is 9.16. The molecule has 0 radical (unpaired) electrons. The number of rotatable bonds is 2. The Morgan fingerprint density at radius 3 is 2.55 bits per heavy atom. The topological polar surface area (TPSA) is 88.1 Å². The predicted molar refractivity (Wildman–Crippen MR) is 59.5 cm³/mol. The van der Waals surface area contributed by atoms with Crippen LogP contribution in [0.1, 0.15) is 11.9 Å². The number of carbonyl (C=O) groups excluding carboxylic acids is 1. The van der Waals surface area contributed by atoms with Crippen LogP contribution >= 0.6 is 0 Å². The average molecular weight is 286 g/mol. The Hall–Kier alpha value is -1.05. The number of hydrogen-bond donors (Lipinski definition) is 1. The van der Waals surface area contributed by atoms with Crippen molar-refractivity contribution in [1.29, 1.82) is 0 Å². The van der Waals surface area contributed by atoms with Crippen LogP contribution < -0.4 is 34.7 Å². The fourth-order valence-electron chi connectivity index (χ4n) is 2.07. The van der Waals surface area contributed by atoms with Crippen molar-refractivity contribution < 1.29 is 58.8 Å². The van der Waals surface area contributed by atoms with Crippen LogP contribution in [0.25, 0.3) is 0 Å². The molecule has 1 aromatic carbocycles. The summed E-state index contributed by atoms with van der Waals surface area (Å²) in [6, 6.07) is 9.22. The third-order valence-corrected chi connectivity index (χ3v) is 3.04. The molecule has 20 heavy (non-hydrogen) atoms. The third-order valence-electron chi connectivity index (χ3n) is 3.04. The second-order valence-electron chi connectivity index (χ2n) is 4.29. The summed E-state index contributed by atoms with van der Waals surface area (Å²) in [4.78, 5) is 11.1. The van der Waals surface area contributed by atoms with Crippen LogP contribution in [0.15, 0.2) is 41.9 Å². The summed E-state index contributed by atoms with van der Waals surface area (Å²) in [5.74, 6) is -2.65. The summed E-state index contributed by atoms with van der Waals surface area (Å²) in [5.41, 5.74) is 0.815. The summed E-state index contributed by atoms with van der Waals surface area (Å²) in [5, 5.41) is 20.8.